The van der Waals surface area contributed by atoms with E-state index < -0.39 is 0 Å². The predicted molar refractivity (Wildman–Crippen MR) is 61.1 cm³/mol. The summed E-state index contributed by atoms with van der Waals surface area (Å²) in [7, 11) is 0. The lowest BCUT2D eigenvalue weighted by Crippen LogP contribution is -2.38. The fraction of sp³-hybridized carbons (Fsp3) is 1.00. The van der Waals surface area contributed by atoms with Crippen LogP contribution in [0.15, 0.2) is 5.11 Å². The molecule has 0 amide bonds. The quantitative estimate of drug-likeness (QED) is 0.307. The Kier molecular flexibility index (Phi) is 6.92. The maximum absolute atomic E-state index is 8.64. The molecule has 0 aromatic rings. The van der Waals surface area contributed by atoms with Crippen LogP contribution in [0, 0.1) is 0 Å². The van der Waals surface area contributed by atoms with E-state index in [0.29, 0.717) is 19.3 Å². The van der Waals surface area contributed by atoms with Gasteiger partial charge < -0.3 is 14.7 Å². The minimum Gasteiger partial charge on any atom is -0.394 e. The number of aliphatic hydroxyl groups excluding tert-OH is 1. The highest BCUT2D eigenvalue weighted by Crippen LogP contribution is 2.13. The summed E-state index contributed by atoms with van der Waals surface area (Å²) in [5, 5.41) is 12.2. The van der Waals surface area contributed by atoms with Crippen LogP contribution in [-0.2, 0) is 4.74 Å². The van der Waals surface area contributed by atoms with Gasteiger partial charge in [0.25, 0.3) is 0 Å². The van der Waals surface area contributed by atoms with E-state index in [1.54, 1.807) is 0 Å². The highest BCUT2D eigenvalue weighted by molar-refractivity contribution is 4.72. The maximum atomic E-state index is 8.64. The van der Waals surface area contributed by atoms with E-state index in [0.717, 1.165) is 38.9 Å². The second-order valence-corrected chi connectivity index (χ2v) is 3.94. The molecule has 0 bridgehead atoms. The molecule has 92 valence electrons. The van der Waals surface area contributed by atoms with Crippen LogP contribution >= 0.6 is 0 Å². The van der Waals surface area contributed by atoms with Gasteiger partial charge in [0, 0.05) is 24.5 Å². The molecule has 0 unspecified atom stereocenters. The minimum absolute atomic E-state index is 0.104. The Morgan fingerprint density at radius 2 is 2.19 bits per heavy atom. The Hall–Kier alpha value is -0.810. The molecule has 0 aromatic heterocycles. The molecule has 0 saturated carbocycles. The molecule has 0 radical (unpaired) electrons. The van der Waals surface area contributed by atoms with Crippen molar-refractivity contribution in [3.8, 4) is 0 Å². The van der Waals surface area contributed by atoms with Gasteiger partial charge in [-0.1, -0.05) is 5.11 Å². The third-order valence-corrected chi connectivity index (χ3v) is 2.78. The summed E-state index contributed by atoms with van der Waals surface area (Å²) in [5.74, 6) is 0. The maximum Gasteiger partial charge on any atom is 0.0701 e. The molecule has 0 spiro atoms. The first-order chi connectivity index (χ1) is 7.86. The average molecular weight is 228 g/mol. The lowest BCUT2D eigenvalue weighted by atomic mass is 10.1. The number of rotatable bonds is 7. The SMILES string of the molecule is [N-]=[N+]=NCCCN1CCC(OCCO)CC1. The summed E-state index contributed by atoms with van der Waals surface area (Å²) in [6.07, 6.45) is 3.29. The molecule has 0 aromatic carbocycles. The number of nitrogens with zero attached hydrogens (tertiary/aromatic N) is 4. The number of ether oxygens (including phenoxy) is 1. The van der Waals surface area contributed by atoms with Crippen molar-refractivity contribution >= 4 is 0 Å². The van der Waals surface area contributed by atoms with Crippen LogP contribution in [0.2, 0.25) is 0 Å². The molecule has 6 heteroatoms. The highest BCUT2D eigenvalue weighted by Gasteiger charge is 2.18. The van der Waals surface area contributed by atoms with Crippen molar-refractivity contribution in [2.75, 3.05) is 39.4 Å². The van der Waals surface area contributed by atoms with Crippen LogP contribution in [0.4, 0.5) is 0 Å². The zero-order chi connectivity index (χ0) is 11.6. The second kappa shape index (κ2) is 8.35. The molecule has 1 aliphatic rings. The monoisotopic (exact) mass is 228 g/mol. The molecular formula is C10H20N4O2. The summed E-state index contributed by atoms with van der Waals surface area (Å²) in [4.78, 5) is 5.09. The number of hydrogen-bond acceptors (Lipinski definition) is 4. The molecule has 1 saturated heterocycles. The van der Waals surface area contributed by atoms with Crippen LogP contribution < -0.4 is 0 Å². The van der Waals surface area contributed by atoms with Crippen LogP contribution in [0.3, 0.4) is 0 Å². The lowest BCUT2D eigenvalue weighted by Gasteiger charge is -2.31. The molecule has 6 nitrogen and oxygen atoms in total. The van der Waals surface area contributed by atoms with Gasteiger partial charge in [-0.3, -0.25) is 0 Å². The fourth-order valence-corrected chi connectivity index (χ4v) is 1.93. The van der Waals surface area contributed by atoms with Gasteiger partial charge in [-0.15, -0.1) is 0 Å². The Balaban J connectivity index is 2.05. The van der Waals surface area contributed by atoms with Gasteiger partial charge in [0.15, 0.2) is 0 Å². The zero-order valence-electron chi connectivity index (χ0n) is 9.59. The third kappa shape index (κ3) is 5.32. The number of piperidine rings is 1. The van der Waals surface area contributed by atoms with Crippen LogP contribution in [-0.4, -0.2) is 55.5 Å². The topological polar surface area (TPSA) is 81.5 Å². The molecule has 1 fully saturated rings. The number of aliphatic hydroxyl groups is 1. The van der Waals surface area contributed by atoms with Crippen molar-refractivity contribution in [1.29, 1.82) is 0 Å². The Labute approximate surface area is 95.8 Å². The molecule has 1 aliphatic heterocycles. The third-order valence-electron chi connectivity index (χ3n) is 2.78. The molecule has 0 aliphatic carbocycles. The van der Waals surface area contributed by atoms with E-state index in [2.05, 4.69) is 14.9 Å². The number of likely N-dealkylation sites (tertiary alicyclic amines) is 1. The van der Waals surface area contributed by atoms with Gasteiger partial charge in [-0.25, -0.2) is 0 Å². The van der Waals surface area contributed by atoms with Crippen molar-refractivity contribution in [3.63, 3.8) is 0 Å². The highest BCUT2D eigenvalue weighted by atomic mass is 16.5. The van der Waals surface area contributed by atoms with Gasteiger partial charge in [-0.05, 0) is 31.3 Å². The molecule has 0 atom stereocenters. The smallest absolute Gasteiger partial charge is 0.0701 e. The van der Waals surface area contributed by atoms with Crippen LogP contribution in [0.5, 0.6) is 0 Å². The first kappa shape index (κ1) is 13.3. The average Bonchev–Trinajstić information content (AvgIpc) is 2.33. The first-order valence-corrected chi connectivity index (χ1v) is 5.82. The van der Waals surface area contributed by atoms with Crippen LogP contribution in [0.25, 0.3) is 10.4 Å². The Morgan fingerprint density at radius 1 is 1.44 bits per heavy atom. The summed E-state index contributed by atoms with van der Waals surface area (Å²) in [6, 6.07) is 0. The molecular weight excluding hydrogens is 208 g/mol. The van der Waals surface area contributed by atoms with Crippen molar-refractivity contribution < 1.29 is 9.84 Å². The first-order valence-electron chi connectivity index (χ1n) is 5.82. The lowest BCUT2D eigenvalue weighted by molar-refractivity contribution is -0.00770. The van der Waals surface area contributed by atoms with Gasteiger partial charge in [0.1, 0.15) is 0 Å². The van der Waals surface area contributed by atoms with E-state index in [1.807, 2.05) is 0 Å². The van der Waals surface area contributed by atoms with Crippen LogP contribution in [0.1, 0.15) is 19.3 Å². The van der Waals surface area contributed by atoms with Gasteiger partial charge >= 0.3 is 0 Å². The Bertz CT molecular complexity index is 223. The summed E-state index contributed by atoms with van der Waals surface area (Å²) in [5.41, 5.74) is 8.13. The summed E-state index contributed by atoms with van der Waals surface area (Å²) in [6.45, 7) is 4.19. The summed E-state index contributed by atoms with van der Waals surface area (Å²) < 4.78 is 5.48. The molecule has 1 rings (SSSR count). The van der Waals surface area contributed by atoms with E-state index in [-0.39, 0.29) is 6.61 Å². The molecule has 1 N–H and O–H groups in total. The second-order valence-electron chi connectivity index (χ2n) is 3.94. The van der Waals surface area contributed by atoms with Gasteiger partial charge in [-0.2, -0.15) is 0 Å². The number of azide groups is 1. The van der Waals surface area contributed by atoms with Gasteiger partial charge in [0.05, 0.1) is 19.3 Å². The normalized spacial score (nSPS) is 18.3. The molecule has 16 heavy (non-hydrogen) atoms. The summed E-state index contributed by atoms with van der Waals surface area (Å²) >= 11 is 0. The number of hydrogen-bond donors (Lipinski definition) is 1. The predicted octanol–water partition coefficient (Wildman–Crippen LogP) is 1.16. The van der Waals surface area contributed by atoms with Crippen molar-refractivity contribution in [2.24, 2.45) is 5.11 Å². The Morgan fingerprint density at radius 3 is 2.81 bits per heavy atom. The fourth-order valence-electron chi connectivity index (χ4n) is 1.93. The standard InChI is InChI=1S/C10H20N4O2/c11-13-12-4-1-5-14-6-2-10(3-7-14)16-9-8-15/h10,15H,1-9H2. The van der Waals surface area contributed by atoms with Gasteiger partial charge in [0.2, 0.25) is 0 Å². The minimum atomic E-state index is 0.104. The van der Waals surface area contributed by atoms with E-state index in [4.69, 9.17) is 15.4 Å². The van der Waals surface area contributed by atoms with Crippen molar-refractivity contribution in [3.05, 3.63) is 10.4 Å². The molecule has 1 heterocycles. The van der Waals surface area contributed by atoms with E-state index >= 15 is 0 Å². The van der Waals surface area contributed by atoms with Crippen molar-refractivity contribution in [1.82, 2.24) is 4.90 Å². The van der Waals surface area contributed by atoms with Crippen molar-refractivity contribution in [2.45, 2.75) is 25.4 Å². The van der Waals surface area contributed by atoms with E-state index in [9.17, 15) is 0 Å². The van der Waals surface area contributed by atoms with E-state index in [1.165, 1.54) is 0 Å². The largest absolute Gasteiger partial charge is 0.394 e. The zero-order valence-corrected chi connectivity index (χ0v) is 9.59.